The Kier molecular flexibility index (Phi) is 7.39. The third kappa shape index (κ3) is 4.46. The van der Waals surface area contributed by atoms with Gasteiger partial charge < -0.3 is 9.47 Å². The van der Waals surface area contributed by atoms with Crippen molar-refractivity contribution in [3.8, 4) is 0 Å². The Morgan fingerprint density at radius 1 is 1.37 bits per heavy atom. The highest BCUT2D eigenvalue weighted by molar-refractivity contribution is 6.18. The summed E-state index contributed by atoms with van der Waals surface area (Å²) >= 11 is 5.86. The Morgan fingerprint density at radius 2 is 2.05 bits per heavy atom. The first-order valence-electron chi connectivity index (χ1n) is 6.94. The highest BCUT2D eigenvalue weighted by Gasteiger charge is 2.37. The van der Waals surface area contributed by atoms with Crippen molar-refractivity contribution in [3.05, 3.63) is 0 Å². The van der Waals surface area contributed by atoms with Crippen LogP contribution in [0.5, 0.6) is 0 Å². The molecule has 0 bridgehead atoms. The van der Waals surface area contributed by atoms with Crippen molar-refractivity contribution in [3.63, 3.8) is 0 Å². The quantitative estimate of drug-likeness (QED) is 0.444. The molecule has 5 heteroatoms. The van der Waals surface area contributed by atoms with Gasteiger partial charge in [-0.25, -0.2) is 0 Å². The average Bonchev–Trinajstić information content (AvgIpc) is 2.39. The predicted octanol–water partition coefficient (Wildman–Crippen LogP) is 2.57. The van der Waals surface area contributed by atoms with Crippen LogP contribution in [-0.2, 0) is 19.1 Å². The predicted molar refractivity (Wildman–Crippen MR) is 73.2 cm³/mol. The van der Waals surface area contributed by atoms with Crippen LogP contribution in [0.15, 0.2) is 0 Å². The molecule has 0 N–H and O–H groups in total. The SMILES string of the molecule is CCOC(=O)C1CCCCC[C@@H]([C@@H](CCl)OC)C1=O. The molecule has 0 aromatic carbocycles. The molecule has 19 heavy (non-hydrogen) atoms. The van der Waals surface area contributed by atoms with Crippen LogP contribution in [0, 0.1) is 11.8 Å². The van der Waals surface area contributed by atoms with Gasteiger partial charge in [-0.1, -0.05) is 19.3 Å². The van der Waals surface area contributed by atoms with Gasteiger partial charge in [-0.05, 0) is 19.8 Å². The Labute approximate surface area is 119 Å². The molecule has 4 nitrogen and oxygen atoms in total. The first kappa shape index (κ1) is 16.4. The van der Waals surface area contributed by atoms with E-state index >= 15 is 0 Å². The number of hydrogen-bond acceptors (Lipinski definition) is 4. The third-order valence-corrected chi connectivity index (χ3v) is 4.00. The third-order valence-electron chi connectivity index (χ3n) is 3.69. The zero-order chi connectivity index (χ0) is 14.3. The number of ketones is 1. The van der Waals surface area contributed by atoms with Gasteiger partial charge in [0.2, 0.25) is 0 Å². The van der Waals surface area contributed by atoms with Gasteiger partial charge in [0.25, 0.3) is 0 Å². The summed E-state index contributed by atoms with van der Waals surface area (Å²) in [6.07, 6.45) is 3.89. The van der Waals surface area contributed by atoms with E-state index in [1.807, 2.05) is 0 Å². The van der Waals surface area contributed by atoms with Crippen LogP contribution in [0.2, 0.25) is 0 Å². The summed E-state index contributed by atoms with van der Waals surface area (Å²) in [6, 6.07) is 0. The highest BCUT2D eigenvalue weighted by Crippen LogP contribution is 2.28. The van der Waals surface area contributed by atoms with Gasteiger partial charge in [0.15, 0.2) is 5.78 Å². The van der Waals surface area contributed by atoms with Crippen molar-refractivity contribution < 1.29 is 19.1 Å². The summed E-state index contributed by atoms with van der Waals surface area (Å²) in [5.41, 5.74) is 0. The molecule has 3 atom stereocenters. The number of hydrogen-bond donors (Lipinski definition) is 0. The van der Waals surface area contributed by atoms with E-state index in [1.165, 1.54) is 0 Å². The Hall–Kier alpha value is -0.610. The highest BCUT2D eigenvalue weighted by atomic mass is 35.5. The van der Waals surface area contributed by atoms with Crippen LogP contribution >= 0.6 is 11.6 Å². The monoisotopic (exact) mass is 290 g/mol. The molecule has 0 aromatic rings. The molecule has 0 spiro atoms. The van der Waals surface area contributed by atoms with Crippen LogP contribution in [0.25, 0.3) is 0 Å². The summed E-state index contributed by atoms with van der Waals surface area (Å²) in [7, 11) is 1.55. The zero-order valence-electron chi connectivity index (χ0n) is 11.7. The minimum absolute atomic E-state index is 0.0642. The lowest BCUT2D eigenvalue weighted by molar-refractivity contribution is -0.154. The lowest BCUT2D eigenvalue weighted by Gasteiger charge is -2.28. The van der Waals surface area contributed by atoms with Crippen molar-refractivity contribution in [2.24, 2.45) is 11.8 Å². The first-order chi connectivity index (χ1) is 9.15. The average molecular weight is 291 g/mol. The van der Waals surface area contributed by atoms with Gasteiger partial charge in [-0.2, -0.15) is 0 Å². The largest absolute Gasteiger partial charge is 0.465 e. The number of alkyl halides is 1. The fourth-order valence-corrected chi connectivity index (χ4v) is 2.95. The molecule has 1 rings (SSSR count). The van der Waals surface area contributed by atoms with Gasteiger partial charge in [0, 0.05) is 18.9 Å². The molecule has 0 aromatic heterocycles. The van der Waals surface area contributed by atoms with E-state index in [9.17, 15) is 9.59 Å². The van der Waals surface area contributed by atoms with Crippen molar-refractivity contribution in [2.75, 3.05) is 19.6 Å². The molecule has 0 heterocycles. The van der Waals surface area contributed by atoms with Crippen LogP contribution in [0.4, 0.5) is 0 Å². The first-order valence-corrected chi connectivity index (χ1v) is 7.48. The number of carbonyl (C=O) groups is 2. The standard InChI is InChI=1S/C14H23ClO4/c1-3-19-14(17)11-8-6-4-5-7-10(13(11)16)12(9-15)18-2/h10-12H,3-9H2,1-2H3/t10-,11?,12+/m0/s1. The summed E-state index contributed by atoms with van der Waals surface area (Å²) in [5, 5.41) is 0. The molecule has 1 aliphatic carbocycles. The molecule has 0 radical (unpaired) electrons. The number of ether oxygens (including phenoxy) is 2. The molecule has 0 aliphatic heterocycles. The number of Topliss-reactive ketones (excluding diaryl/α,β-unsaturated/α-hetero) is 1. The summed E-state index contributed by atoms with van der Waals surface area (Å²) in [4.78, 5) is 24.4. The van der Waals surface area contributed by atoms with Crippen molar-refractivity contribution in [2.45, 2.75) is 45.1 Å². The number of rotatable bonds is 5. The van der Waals surface area contributed by atoms with Crippen molar-refractivity contribution >= 4 is 23.4 Å². The van der Waals surface area contributed by atoms with Gasteiger partial charge >= 0.3 is 5.97 Å². The van der Waals surface area contributed by atoms with E-state index in [-0.39, 0.29) is 23.7 Å². The van der Waals surface area contributed by atoms with E-state index in [0.29, 0.717) is 13.0 Å². The maximum Gasteiger partial charge on any atom is 0.316 e. The van der Waals surface area contributed by atoms with E-state index in [0.717, 1.165) is 25.7 Å². The van der Waals surface area contributed by atoms with Gasteiger partial charge in [0.1, 0.15) is 5.92 Å². The van der Waals surface area contributed by atoms with Crippen LogP contribution in [-0.4, -0.2) is 37.5 Å². The van der Waals surface area contributed by atoms with Gasteiger partial charge in [0.05, 0.1) is 12.7 Å². The van der Waals surface area contributed by atoms with Gasteiger partial charge in [-0.3, -0.25) is 9.59 Å². The van der Waals surface area contributed by atoms with Crippen LogP contribution < -0.4 is 0 Å². The molecular weight excluding hydrogens is 268 g/mol. The molecule has 1 unspecified atom stereocenters. The number of halogens is 1. The normalized spacial score (nSPS) is 26.4. The Morgan fingerprint density at radius 3 is 2.63 bits per heavy atom. The second-order valence-electron chi connectivity index (χ2n) is 4.88. The molecule has 110 valence electrons. The van der Waals surface area contributed by atoms with Crippen LogP contribution in [0.1, 0.15) is 39.0 Å². The summed E-state index contributed by atoms with van der Waals surface area (Å²) in [6.45, 7) is 2.05. The van der Waals surface area contributed by atoms with Crippen molar-refractivity contribution in [1.82, 2.24) is 0 Å². The minimum Gasteiger partial charge on any atom is -0.465 e. The second-order valence-corrected chi connectivity index (χ2v) is 5.19. The smallest absolute Gasteiger partial charge is 0.316 e. The summed E-state index contributed by atoms with van der Waals surface area (Å²) < 4.78 is 10.3. The number of carbonyl (C=O) groups excluding carboxylic acids is 2. The minimum atomic E-state index is -0.647. The van der Waals surface area contributed by atoms with E-state index in [1.54, 1.807) is 14.0 Å². The number of methoxy groups -OCH3 is 1. The lowest BCUT2D eigenvalue weighted by Crippen LogP contribution is -2.39. The fourth-order valence-electron chi connectivity index (χ4n) is 2.61. The van der Waals surface area contributed by atoms with Gasteiger partial charge in [-0.15, -0.1) is 11.6 Å². The van der Waals surface area contributed by atoms with Crippen LogP contribution in [0.3, 0.4) is 0 Å². The maximum absolute atomic E-state index is 12.5. The molecule has 0 saturated heterocycles. The Bertz CT molecular complexity index is 302. The Balaban J connectivity index is 2.84. The summed E-state index contributed by atoms with van der Waals surface area (Å²) in [5.74, 6) is -1.14. The maximum atomic E-state index is 12.5. The molecule has 1 aliphatic rings. The van der Waals surface area contributed by atoms with E-state index < -0.39 is 11.9 Å². The van der Waals surface area contributed by atoms with Crippen molar-refractivity contribution in [1.29, 1.82) is 0 Å². The second kappa shape index (κ2) is 8.54. The topological polar surface area (TPSA) is 52.6 Å². The lowest BCUT2D eigenvalue weighted by atomic mass is 9.80. The molecular formula is C14H23ClO4. The fraction of sp³-hybridized carbons (Fsp3) is 0.857. The molecule has 1 saturated carbocycles. The molecule has 0 amide bonds. The van der Waals surface area contributed by atoms with E-state index in [2.05, 4.69) is 0 Å². The van der Waals surface area contributed by atoms with E-state index in [4.69, 9.17) is 21.1 Å². The molecule has 1 fully saturated rings. The number of esters is 1. The zero-order valence-corrected chi connectivity index (χ0v) is 12.4.